The molecule has 6 rings (SSSR count). The van der Waals surface area contributed by atoms with Gasteiger partial charge in [0, 0.05) is 30.5 Å². The number of fused-ring (bicyclic) bond motifs is 3. The van der Waals surface area contributed by atoms with Crippen LogP contribution in [0, 0.1) is 0 Å². The van der Waals surface area contributed by atoms with E-state index in [1.54, 1.807) is 4.90 Å². The van der Waals surface area contributed by atoms with E-state index in [-0.39, 0.29) is 5.91 Å². The van der Waals surface area contributed by atoms with Crippen LogP contribution >= 0.6 is 0 Å². The lowest BCUT2D eigenvalue weighted by atomic mass is 10.0. The molecule has 2 heterocycles. The van der Waals surface area contributed by atoms with Gasteiger partial charge in [-0.3, -0.25) is 4.79 Å². The van der Waals surface area contributed by atoms with Gasteiger partial charge in [-0.25, -0.2) is 0 Å². The Morgan fingerprint density at radius 1 is 0.613 bits per heavy atom. The van der Waals surface area contributed by atoms with Crippen LogP contribution in [0.3, 0.4) is 0 Å². The van der Waals surface area contributed by atoms with Crippen molar-refractivity contribution in [1.82, 2.24) is 4.90 Å². The molecule has 0 aliphatic carbocycles. The predicted molar refractivity (Wildman–Crippen MR) is 125 cm³/mol. The van der Waals surface area contributed by atoms with Gasteiger partial charge in [0.15, 0.2) is 0 Å². The van der Waals surface area contributed by atoms with E-state index in [2.05, 4.69) is 94.7 Å². The third kappa shape index (κ3) is 2.65. The first-order valence-electron chi connectivity index (χ1n) is 10.4. The van der Waals surface area contributed by atoms with Crippen molar-refractivity contribution in [2.24, 2.45) is 0 Å². The number of carbonyl (C=O) groups excluding carboxylic acids is 1. The first kappa shape index (κ1) is 17.8. The Bertz CT molecular complexity index is 1270. The van der Waals surface area contributed by atoms with Crippen LogP contribution in [0.5, 0.6) is 0 Å². The van der Waals surface area contributed by atoms with E-state index in [0.29, 0.717) is 6.54 Å². The summed E-state index contributed by atoms with van der Waals surface area (Å²) in [5.74, 6) is 0.0937. The summed E-state index contributed by atoms with van der Waals surface area (Å²) in [5.41, 5.74) is 8.55. The molecule has 4 aromatic carbocycles. The summed E-state index contributed by atoms with van der Waals surface area (Å²) >= 11 is 0. The highest BCUT2D eigenvalue weighted by atomic mass is 16.2. The number of rotatable bonds is 2. The lowest BCUT2D eigenvalue weighted by Crippen LogP contribution is -2.23. The highest BCUT2D eigenvalue weighted by Gasteiger charge is 2.31. The fourth-order valence-electron chi connectivity index (χ4n) is 4.67. The third-order valence-electron chi connectivity index (χ3n) is 6.07. The van der Waals surface area contributed by atoms with Crippen LogP contribution in [0.15, 0.2) is 97.1 Å². The van der Waals surface area contributed by atoms with Crippen molar-refractivity contribution in [2.75, 3.05) is 16.8 Å². The number of amides is 1. The Kier molecular flexibility index (Phi) is 3.87. The fourth-order valence-corrected chi connectivity index (χ4v) is 4.67. The Hall–Kier alpha value is -4.05. The maximum Gasteiger partial charge on any atom is 0.254 e. The largest absolute Gasteiger partial charge is 0.337 e. The maximum atomic E-state index is 12.4. The van der Waals surface area contributed by atoms with Crippen molar-refractivity contribution in [1.29, 1.82) is 0 Å². The average molecular weight is 403 g/mol. The summed E-state index contributed by atoms with van der Waals surface area (Å²) in [6.07, 6.45) is 0. The number of hydrogen-bond donors (Lipinski definition) is 0. The molecule has 4 nitrogen and oxygen atoms in total. The molecular formula is C27H21N3O. The molecule has 4 heteroatoms. The van der Waals surface area contributed by atoms with Crippen molar-refractivity contribution in [3.63, 3.8) is 0 Å². The molecule has 0 aromatic heterocycles. The molecular weight excluding hydrogens is 382 g/mol. The van der Waals surface area contributed by atoms with Gasteiger partial charge in [-0.05, 0) is 60.2 Å². The van der Waals surface area contributed by atoms with Gasteiger partial charge in [-0.2, -0.15) is 0 Å². The zero-order valence-corrected chi connectivity index (χ0v) is 17.2. The van der Waals surface area contributed by atoms with Gasteiger partial charge in [0.1, 0.15) is 0 Å². The summed E-state index contributed by atoms with van der Waals surface area (Å²) in [5, 5.41) is 0. The van der Waals surface area contributed by atoms with E-state index >= 15 is 0 Å². The standard InChI is InChI=1S/C27H21N3O/c1-28-18-19-17-21(15-16-22(19)27(28)31)30-25-13-7-5-11-23(25)29(20-9-3-2-4-10-20)24-12-6-8-14-26(24)30/h2-17H,18H2,1H3. The quantitative estimate of drug-likeness (QED) is 0.335. The molecule has 0 spiro atoms. The maximum absolute atomic E-state index is 12.4. The number of hydrogen-bond acceptors (Lipinski definition) is 3. The summed E-state index contributed by atoms with van der Waals surface area (Å²) in [6.45, 7) is 0.648. The van der Waals surface area contributed by atoms with E-state index in [1.165, 1.54) is 0 Å². The normalized spacial score (nSPS) is 14.4. The molecule has 0 unspecified atom stereocenters. The van der Waals surface area contributed by atoms with Gasteiger partial charge in [0.05, 0.1) is 22.7 Å². The van der Waals surface area contributed by atoms with Crippen molar-refractivity contribution >= 4 is 40.0 Å². The number of para-hydroxylation sites is 5. The monoisotopic (exact) mass is 403 g/mol. The van der Waals surface area contributed by atoms with Gasteiger partial charge < -0.3 is 14.7 Å². The van der Waals surface area contributed by atoms with Crippen LogP contribution in [0.4, 0.5) is 34.1 Å². The highest BCUT2D eigenvalue weighted by Crippen LogP contribution is 2.54. The smallest absolute Gasteiger partial charge is 0.254 e. The van der Waals surface area contributed by atoms with E-state index in [1.807, 2.05) is 19.2 Å². The average Bonchev–Trinajstić information content (AvgIpc) is 3.10. The molecule has 0 fully saturated rings. The van der Waals surface area contributed by atoms with Gasteiger partial charge >= 0.3 is 0 Å². The Balaban J connectivity index is 1.57. The molecule has 0 radical (unpaired) electrons. The van der Waals surface area contributed by atoms with Crippen molar-refractivity contribution < 1.29 is 4.79 Å². The van der Waals surface area contributed by atoms with Gasteiger partial charge in [0.25, 0.3) is 5.91 Å². The highest BCUT2D eigenvalue weighted by molar-refractivity contribution is 6.03. The number of nitrogens with zero attached hydrogens (tertiary/aromatic N) is 3. The van der Waals surface area contributed by atoms with Crippen molar-refractivity contribution in [3.05, 3.63) is 108 Å². The Morgan fingerprint density at radius 2 is 1.13 bits per heavy atom. The van der Waals surface area contributed by atoms with Crippen molar-refractivity contribution in [2.45, 2.75) is 6.54 Å². The van der Waals surface area contributed by atoms with Gasteiger partial charge in [-0.15, -0.1) is 0 Å². The summed E-state index contributed by atoms with van der Waals surface area (Å²) in [6, 6.07) is 33.6. The molecule has 0 saturated heterocycles. The van der Waals surface area contributed by atoms with Crippen LogP contribution in [0.2, 0.25) is 0 Å². The molecule has 2 aliphatic rings. The number of carbonyl (C=O) groups is 1. The lowest BCUT2D eigenvalue weighted by Gasteiger charge is -2.40. The van der Waals surface area contributed by atoms with Crippen LogP contribution < -0.4 is 9.80 Å². The first-order chi connectivity index (χ1) is 15.2. The Morgan fingerprint density at radius 3 is 1.71 bits per heavy atom. The summed E-state index contributed by atoms with van der Waals surface area (Å²) in [7, 11) is 1.85. The van der Waals surface area contributed by atoms with Crippen LogP contribution in [-0.4, -0.2) is 17.9 Å². The molecule has 4 aromatic rings. The van der Waals surface area contributed by atoms with Crippen molar-refractivity contribution in [3.8, 4) is 0 Å². The zero-order chi connectivity index (χ0) is 20.9. The van der Waals surface area contributed by atoms with E-state index in [0.717, 1.165) is 45.3 Å². The molecule has 0 N–H and O–H groups in total. The van der Waals surface area contributed by atoms with E-state index in [4.69, 9.17) is 0 Å². The molecule has 2 aliphatic heterocycles. The minimum atomic E-state index is 0.0937. The zero-order valence-electron chi connectivity index (χ0n) is 17.2. The number of benzene rings is 4. The molecule has 0 bridgehead atoms. The van der Waals surface area contributed by atoms with Crippen LogP contribution in [0.1, 0.15) is 15.9 Å². The Labute approximate surface area is 181 Å². The SMILES string of the molecule is CN1Cc2cc(N3c4ccccc4N(c4ccccc4)c4ccccc43)ccc2C1=O. The summed E-state index contributed by atoms with van der Waals surface area (Å²) < 4.78 is 0. The van der Waals surface area contributed by atoms with Crippen LogP contribution in [-0.2, 0) is 6.54 Å². The first-order valence-corrected chi connectivity index (χ1v) is 10.4. The molecule has 0 saturated carbocycles. The van der Waals surface area contributed by atoms with Gasteiger partial charge in [-0.1, -0.05) is 42.5 Å². The van der Waals surface area contributed by atoms with Crippen LogP contribution in [0.25, 0.3) is 0 Å². The third-order valence-corrected chi connectivity index (χ3v) is 6.07. The molecule has 0 atom stereocenters. The molecule has 1 amide bonds. The van der Waals surface area contributed by atoms with E-state index < -0.39 is 0 Å². The fraction of sp³-hybridized carbons (Fsp3) is 0.0741. The van der Waals surface area contributed by atoms with E-state index in [9.17, 15) is 4.79 Å². The topological polar surface area (TPSA) is 26.8 Å². The number of anilines is 6. The second-order valence-corrected chi connectivity index (χ2v) is 7.99. The minimum Gasteiger partial charge on any atom is -0.337 e. The predicted octanol–water partition coefficient (Wildman–Crippen LogP) is 6.53. The second kappa shape index (κ2) is 6.74. The minimum absolute atomic E-state index is 0.0937. The second-order valence-electron chi connectivity index (χ2n) is 7.99. The van der Waals surface area contributed by atoms with Gasteiger partial charge in [0.2, 0.25) is 0 Å². The summed E-state index contributed by atoms with van der Waals surface area (Å²) in [4.78, 5) is 18.8. The molecule has 31 heavy (non-hydrogen) atoms. The lowest BCUT2D eigenvalue weighted by molar-refractivity contribution is 0.0816. The molecule has 150 valence electrons.